The van der Waals surface area contributed by atoms with E-state index in [-0.39, 0.29) is 5.82 Å². The van der Waals surface area contributed by atoms with Crippen LogP contribution in [-0.2, 0) is 11.3 Å². The van der Waals surface area contributed by atoms with Gasteiger partial charge < -0.3 is 25.2 Å². The average molecular weight is 420 g/mol. The van der Waals surface area contributed by atoms with Gasteiger partial charge in [-0.3, -0.25) is 4.99 Å². The largest absolute Gasteiger partial charge is 0.381 e. The number of hydrogen-bond donors (Lipinski definition) is 2. The molecule has 0 amide bonds. The van der Waals surface area contributed by atoms with Crippen molar-refractivity contribution in [3.05, 3.63) is 29.6 Å². The highest BCUT2D eigenvalue weighted by Crippen LogP contribution is 2.20. The van der Waals surface area contributed by atoms with Crippen LogP contribution in [0.1, 0.15) is 38.7 Å². The fourth-order valence-electron chi connectivity index (χ4n) is 4.41. The fourth-order valence-corrected chi connectivity index (χ4v) is 4.41. The number of nitrogens with one attached hydrogen (secondary N) is 2. The van der Waals surface area contributed by atoms with Crippen molar-refractivity contribution in [1.29, 1.82) is 0 Å². The van der Waals surface area contributed by atoms with Crippen molar-refractivity contribution in [3.63, 3.8) is 0 Å². The van der Waals surface area contributed by atoms with Gasteiger partial charge in [0, 0.05) is 59.0 Å². The smallest absolute Gasteiger partial charge is 0.191 e. The van der Waals surface area contributed by atoms with Crippen LogP contribution in [0.4, 0.5) is 10.1 Å². The number of hydrogen-bond acceptors (Lipinski definition) is 4. The monoisotopic (exact) mass is 419 g/mol. The molecule has 2 N–H and O–H groups in total. The molecule has 1 unspecified atom stereocenters. The van der Waals surface area contributed by atoms with Gasteiger partial charge in [0.25, 0.3) is 0 Å². The summed E-state index contributed by atoms with van der Waals surface area (Å²) >= 11 is 0. The lowest BCUT2D eigenvalue weighted by Crippen LogP contribution is -2.49. The lowest BCUT2D eigenvalue weighted by molar-refractivity contribution is 0.150. The zero-order chi connectivity index (χ0) is 21.3. The third-order valence-corrected chi connectivity index (χ3v) is 6.27. The Morgan fingerprint density at radius 3 is 2.60 bits per heavy atom. The van der Waals surface area contributed by atoms with E-state index in [0.29, 0.717) is 24.2 Å². The van der Waals surface area contributed by atoms with E-state index in [1.165, 1.54) is 6.42 Å². The molecule has 1 aromatic carbocycles. The molecule has 2 saturated heterocycles. The van der Waals surface area contributed by atoms with Crippen molar-refractivity contribution in [2.75, 3.05) is 57.9 Å². The first-order chi connectivity index (χ1) is 14.6. The quantitative estimate of drug-likeness (QED) is 0.501. The van der Waals surface area contributed by atoms with Gasteiger partial charge in [0.15, 0.2) is 5.96 Å². The van der Waals surface area contributed by atoms with Gasteiger partial charge in [0.2, 0.25) is 0 Å². The zero-order valence-corrected chi connectivity index (χ0v) is 18.8. The van der Waals surface area contributed by atoms with E-state index in [9.17, 15) is 4.39 Å². The van der Waals surface area contributed by atoms with Gasteiger partial charge >= 0.3 is 0 Å². The summed E-state index contributed by atoms with van der Waals surface area (Å²) in [6.45, 7) is 11.5. The van der Waals surface area contributed by atoms with E-state index in [1.54, 1.807) is 13.1 Å². The van der Waals surface area contributed by atoms with E-state index in [4.69, 9.17) is 4.74 Å². The van der Waals surface area contributed by atoms with Gasteiger partial charge in [-0.15, -0.1) is 0 Å². The predicted molar refractivity (Wildman–Crippen MR) is 122 cm³/mol. The van der Waals surface area contributed by atoms with Gasteiger partial charge in [0.1, 0.15) is 5.82 Å². The molecule has 30 heavy (non-hydrogen) atoms. The highest BCUT2D eigenvalue weighted by molar-refractivity contribution is 5.80. The minimum atomic E-state index is -0.166. The van der Waals surface area contributed by atoms with Crippen molar-refractivity contribution in [2.45, 2.75) is 45.7 Å². The molecule has 1 aromatic rings. The number of aliphatic imine (C=N–C) groups is 1. The first-order valence-corrected chi connectivity index (χ1v) is 11.4. The van der Waals surface area contributed by atoms with Crippen molar-refractivity contribution in [3.8, 4) is 0 Å². The Bertz CT molecular complexity index is 680. The fraction of sp³-hybridized carbons (Fsp3) is 0.696. The lowest BCUT2D eigenvalue weighted by Gasteiger charge is -2.34. The second-order valence-corrected chi connectivity index (χ2v) is 8.33. The minimum absolute atomic E-state index is 0.166. The van der Waals surface area contributed by atoms with Crippen LogP contribution in [-0.4, -0.2) is 69.9 Å². The highest BCUT2D eigenvalue weighted by atomic mass is 19.1. The summed E-state index contributed by atoms with van der Waals surface area (Å²) < 4.78 is 20.0. The van der Waals surface area contributed by atoms with E-state index >= 15 is 0 Å². The van der Waals surface area contributed by atoms with Gasteiger partial charge in [-0.25, -0.2) is 4.39 Å². The SMILES string of the molecule is CCN(CC)c1ccc(CNC(=NC)NC2CCN(CC3CCOC3)CC2)cc1F. The van der Waals surface area contributed by atoms with Crippen LogP contribution >= 0.6 is 0 Å². The molecule has 7 heteroatoms. The van der Waals surface area contributed by atoms with Crippen molar-refractivity contribution >= 4 is 11.6 Å². The second kappa shape index (κ2) is 11.5. The number of nitrogens with zero attached hydrogens (tertiary/aromatic N) is 3. The number of halogens is 1. The molecule has 0 radical (unpaired) electrons. The molecule has 0 spiro atoms. The molecular formula is C23H38FN5O. The van der Waals surface area contributed by atoms with E-state index in [2.05, 4.69) is 20.5 Å². The van der Waals surface area contributed by atoms with Crippen molar-refractivity contribution < 1.29 is 9.13 Å². The molecule has 6 nitrogen and oxygen atoms in total. The van der Waals surface area contributed by atoms with Crippen LogP contribution in [0.3, 0.4) is 0 Å². The Morgan fingerprint density at radius 1 is 1.23 bits per heavy atom. The van der Waals surface area contributed by atoms with Crippen LogP contribution < -0.4 is 15.5 Å². The maximum Gasteiger partial charge on any atom is 0.191 e. The van der Waals surface area contributed by atoms with Gasteiger partial charge in [-0.2, -0.15) is 0 Å². The van der Waals surface area contributed by atoms with Gasteiger partial charge in [0.05, 0.1) is 12.3 Å². The number of likely N-dealkylation sites (tertiary alicyclic amines) is 1. The number of rotatable bonds is 8. The number of ether oxygens (including phenoxy) is 1. The van der Waals surface area contributed by atoms with Crippen molar-refractivity contribution in [1.82, 2.24) is 15.5 Å². The van der Waals surface area contributed by atoms with Gasteiger partial charge in [-0.05, 0) is 56.7 Å². The normalized spacial score (nSPS) is 21.1. The molecule has 2 heterocycles. The van der Waals surface area contributed by atoms with Crippen LogP contribution in [0.2, 0.25) is 0 Å². The first kappa shape index (κ1) is 22.8. The Labute approximate surface area is 180 Å². The van der Waals surface area contributed by atoms with E-state index in [0.717, 1.165) is 70.3 Å². The summed E-state index contributed by atoms with van der Waals surface area (Å²) in [6, 6.07) is 5.91. The molecule has 0 saturated carbocycles. The Hall–Kier alpha value is -1.86. The molecule has 2 fully saturated rings. The molecular weight excluding hydrogens is 381 g/mol. The van der Waals surface area contributed by atoms with Gasteiger partial charge in [-0.1, -0.05) is 6.07 Å². The molecule has 0 aliphatic carbocycles. The second-order valence-electron chi connectivity index (χ2n) is 8.33. The summed E-state index contributed by atoms with van der Waals surface area (Å²) in [5, 5.41) is 6.87. The summed E-state index contributed by atoms with van der Waals surface area (Å²) in [7, 11) is 1.79. The minimum Gasteiger partial charge on any atom is -0.381 e. The first-order valence-electron chi connectivity index (χ1n) is 11.4. The summed E-state index contributed by atoms with van der Waals surface area (Å²) in [5.74, 6) is 1.32. The summed E-state index contributed by atoms with van der Waals surface area (Å²) in [6.07, 6.45) is 3.42. The number of anilines is 1. The zero-order valence-electron chi connectivity index (χ0n) is 18.8. The summed E-state index contributed by atoms with van der Waals surface area (Å²) in [5.41, 5.74) is 1.59. The molecule has 2 aliphatic rings. The van der Waals surface area contributed by atoms with Crippen LogP contribution in [0.15, 0.2) is 23.2 Å². The molecule has 3 rings (SSSR count). The topological polar surface area (TPSA) is 52.1 Å². The third kappa shape index (κ3) is 6.32. The number of piperidine rings is 1. The maximum absolute atomic E-state index is 14.5. The molecule has 2 aliphatic heterocycles. The van der Waals surface area contributed by atoms with Crippen LogP contribution in [0, 0.1) is 11.7 Å². The Morgan fingerprint density at radius 2 is 2.00 bits per heavy atom. The molecule has 1 atom stereocenters. The molecule has 0 aromatic heterocycles. The van der Waals surface area contributed by atoms with Crippen molar-refractivity contribution in [2.24, 2.45) is 10.9 Å². The number of benzene rings is 1. The Kier molecular flexibility index (Phi) is 8.75. The Balaban J connectivity index is 1.43. The van der Waals surface area contributed by atoms with Crippen LogP contribution in [0.5, 0.6) is 0 Å². The number of guanidine groups is 1. The molecule has 0 bridgehead atoms. The molecule has 168 valence electrons. The summed E-state index contributed by atoms with van der Waals surface area (Å²) in [4.78, 5) is 8.95. The third-order valence-electron chi connectivity index (χ3n) is 6.27. The van der Waals surface area contributed by atoms with E-state index in [1.807, 2.05) is 30.9 Å². The van der Waals surface area contributed by atoms with E-state index < -0.39 is 0 Å². The lowest BCUT2D eigenvalue weighted by atomic mass is 10.0. The highest BCUT2D eigenvalue weighted by Gasteiger charge is 2.24. The average Bonchev–Trinajstić information content (AvgIpc) is 3.27. The standard InChI is InChI=1S/C23H38FN5O/c1-4-29(5-2)22-7-6-18(14-21(22)24)15-26-23(25-3)27-20-8-11-28(12-9-20)16-19-10-13-30-17-19/h6-7,14,19-20H,4-5,8-13,15-17H2,1-3H3,(H2,25,26,27). The predicted octanol–water partition coefficient (Wildman–Crippen LogP) is 2.84. The maximum atomic E-state index is 14.5. The van der Waals surface area contributed by atoms with Crippen LogP contribution in [0.25, 0.3) is 0 Å².